The molecule has 3 atom stereocenters. The fourth-order valence-electron chi connectivity index (χ4n) is 2.20. The lowest BCUT2D eigenvalue weighted by Crippen LogP contribution is -2.59. The van der Waals surface area contributed by atoms with Gasteiger partial charge in [0.15, 0.2) is 0 Å². The number of carboxylic acids is 1. The van der Waals surface area contributed by atoms with Crippen molar-refractivity contribution in [3.8, 4) is 0 Å². The first-order chi connectivity index (χ1) is 8.86. The van der Waals surface area contributed by atoms with Crippen LogP contribution in [0.15, 0.2) is 0 Å². The summed E-state index contributed by atoms with van der Waals surface area (Å²) < 4.78 is 0. The van der Waals surface area contributed by atoms with Gasteiger partial charge in [-0.1, -0.05) is 0 Å². The van der Waals surface area contributed by atoms with Gasteiger partial charge in [-0.05, 0) is 20.9 Å². The number of piperazine rings is 1. The zero-order chi connectivity index (χ0) is 14.6. The molecule has 0 bridgehead atoms. The zero-order valence-corrected chi connectivity index (χ0v) is 11.7. The van der Waals surface area contributed by atoms with Gasteiger partial charge in [0.05, 0.1) is 0 Å². The molecule has 0 saturated carbocycles. The zero-order valence-electron chi connectivity index (χ0n) is 11.7. The van der Waals surface area contributed by atoms with Gasteiger partial charge < -0.3 is 20.4 Å². The van der Waals surface area contributed by atoms with Crippen molar-refractivity contribution in [3.05, 3.63) is 0 Å². The largest absolute Gasteiger partial charge is 0.480 e. The van der Waals surface area contributed by atoms with Crippen LogP contribution in [0.4, 0.5) is 4.79 Å². The van der Waals surface area contributed by atoms with E-state index in [1.165, 1.54) is 0 Å². The average molecular weight is 273 g/mol. The van der Waals surface area contributed by atoms with Gasteiger partial charge in [0.1, 0.15) is 6.04 Å². The minimum absolute atomic E-state index is 0.0138. The Morgan fingerprint density at radius 1 is 1.32 bits per heavy atom. The van der Waals surface area contributed by atoms with E-state index >= 15 is 0 Å². The van der Waals surface area contributed by atoms with Crippen molar-refractivity contribution >= 4 is 12.0 Å². The highest BCUT2D eigenvalue weighted by Crippen LogP contribution is 2.13. The van der Waals surface area contributed by atoms with Crippen LogP contribution in [0, 0.1) is 0 Å². The standard InChI is InChI=1S/C12H23N3O4/c1-8-6-15(7-9(2)14(8)3)12(19)13-10(4-5-16)11(17)18/h8-10,16H,4-7H2,1-3H3,(H,13,19)(H,17,18). The van der Waals surface area contributed by atoms with Crippen molar-refractivity contribution in [2.75, 3.05) is 26.7 Å². The molecule has 1 aliphatic rings. The third kappa shape index (κ3) is 4.07. The summed E-state index contributed by atoms with van der Waals surface area (Å²) in [5.41, 5.74) is 0. The van der Waals surface area contributed by atoms with E-state index in [0.29, 0.717) is 13.1 Å². The molecule has 1 fully saturated rings. The van der Waals surface area contributed by atoms with Crippen LogP contribution in [-0.2, 0) is 4.79 Å². The monoisotopic (exact) mass is 273 g/mol. The topological polar surface area (TPSA) is 93.1 Å². The summed E-state index contributed by atoms with van der Waals surface area (Å²) in [5, 5.41) is 20.2. The molecule has 0 spiro atoms. The van der Waals surface area contributed by atoms with Crippen LogP contribution in [0.5, 0.6) is 0 Å². The molecule has 3 N–H and O–H groups in total. The molecule has 0 aromatic heterocycles. The molecule has 0 aliphatic carbocycles. The Kier molecular flexibility index (Phi) is 5.56. The minimum Gasteiger partial charge on any atom is -0.480 e. The highest BCUT2D eigenvalue weighted by Gasteiger charge is 2.31. The molecule has 19 heavy (non-hydrogen) atoms. The van der Waals surface area contributed by atoms with Crippen LogP contribution in [0.2, 0.25) is 0 Å². The predicted octanol–water partition coefficient (Wildman–Crippen LogP) is -0.444. The Morgan fingerprint density at radius 3 is 2.26 bits per heavy atom. The van der Waals surface area contributed by atoms with Crippen LogP contribution in [0.3, 0.4) is 0 Å². The van der Waals surface area contributed by atoms with Crippen molar-refractivity contribution in [3.63, 3.8) is 0 Å². The molecule has 1 saturated heterocycles. The van der Waals surface area contributed by atoms with Crippen LogP contribution < -0.4 is 5.32 Å². The fraction of sp³-hybridized carbons (Fsp3) is 0.833. The molecular weight excluding hydrogens is 250 g/mol. The van der Waals surface area contributed by atoms with Crippen molar-refractivity contribution in [2.45, 2.75) is 38.4 Å². The highest BCUT2D eigenvalue weighted by molar-refractivity contribution is 5.82. The van der Waals surface area contributed by atoms with Gasteiger partial charge in [0, 0.05) is 38.2 Å². The third-order valence-corrected chi connectivity index (χ3v) is 3.66. The molecule has 7 nitrogen and oxygen atoms in total. The number of aliphatic hydroxyl groups is 1. The molecule has 2 amide bonds. The second kappa shape index (κ2) is 6.72. The lowest BCUT2D eigenvalue weighted by atomic mass is 10.1. The minimum atomic E-state index is -1.13. The van der Waals surface area contributed by atoms with Crippen molar-refractivity contribution in [1.29, 1.82) is 0 Å². The van der Waals surface area contributed by atoms with Gasteiger partial charge >= 0.3 is 12.0 Å². The molecule has 0 radical (unpaired) electrons. The van der Waals surface area contributed by atoms with Gasteiger partial charge in [-0.15, -0.1) is 0 Å². The Hall–Kier alpha value is -1.34. The van der Waals surface area contributed by atoms with Gasteiger partial charge in [-0.2, -0.15) is 0 Å². The normalized spacial score (nSPS) is 26.0. The molecule has 110 valence electrons. The van der Waals surface area contributed by atoms with Crippen LogP contribution >= 0.6 is 0 Å². The summed E-state index contributed by atoms with van der Waals surface area (Å²) in [5.74, 6) is -1.13. The second-order valence-corrected chi connectivity index (χ2v) is 5.12. The number of urea groups is 1. The summed E-state index contributed by atoms with van der Waals surface area (Å²) in [6, 6.07) is -0.957. The van der Waals surface area contributed by atoms with E-state index in [1.54, 1.807) is 4.90 Å². The first kappa shape index (κ1) is 15.7. The Bertz CT molecular complexity index is 325. The number of nitrogens with zero attached hydrogens (tertiary/aromatic N) is 2. The number of carbonyl (C=O) groups excluding carboxylic acids is 1. The number of rotatable bonds is 4. The Morgan fingerprint density at radius 2 is 1.84 bits per heavy atom. The van der Waals surface area contributed by atoms with Crippen LogP contribution in [0.25, 0.3) is 0 Å². The van der Waals surface area contributed by atoms with Gasteiger partial charge in [0.2, 0.25) is 0 Å². The SMILES string of the molecule is CC1CN(C(=O)NC(CCO)C(=O)O)CC(C)N1C. The summed E-state index contributed by atoms with van der Waals surface area (Å²) >= 11 is 0. The predicted molar refractivity (Wildman–Crippen MR) is 69.9 cm³/mol. The number of nitrogens with one attached hydrogen (secondary N) is 1. The smallest absolute Gasteiger partial charge is 0.326 e. The van der Waals surface area contributed by atoms with E-state index < -0.39 is 12.0 Å². The van der Waals surface area contributed by atoms with E-state index in [1.807, 2.05) is 20.9 Å². The number of carbonyl (C=O) groups is 2. The Labute approximate surface area is 113 Å². The average Bonchev–Trinajstić information content (AvgIpc) is 2.34. The number of likely N-dealkylation sites (N-methyl/N-ethyl adjacent to an activating group) is 1. The summed E-state index contributed by atoms with van der Waals surface area (Å²) in [4.78, 5) is 26.8. The number of amides is 2. The fourth-order valence-corrected chi connectivity index (χ4v) is 2.20. The quantitative estimate of drug-likeness (QED) is 0.645. The number of aliphatic hydroxyl groups excluding tert-OH is 1. The lowest BCUT2D eigenvalue weighted by molar-refractivity contribution is -0.139. The van der Waals surface area contributed by atoms with E-state index in [9.17, 15) is 9.59 Å². The van der Waals surface area contributed by atoms with Crippen LogP contribution in [-0.4, -0.2) is 76.9 Å². The second-order valence-electron chi connectivity index (χ2n) is 5.12. The molecule has 0 aromatic rings. The molecular formula is C12H23N3O4. The number of hydrogen-bond donors (Lipinski definition) is 3. The molecule has 1 aliphatic heterocycles. The van der Waals surface area contributed by atoms with Crippen molar-refractivity contribution in [2.24, 2.45) is 0 Å². The van der Waals surface area contributed by atoms with Gasteiger partial charge in [-0.3, -0.25) is 4.90 Å². The first-order valence-corrected chi connectivity index (χ1v) is 6.47. The maximum absolute atomic E-state index is 12.0. The highest BCUT2D eigenvalue weighted by atomic mass is 16.4. The van der Waals surface area contributed by atoms with Crippen LogP contribution in [0.1, 0.15) is 20.3 Å². The summed E-state index contributed by atoms with van der Waals surface area (Å²) in [6.45, 7) is 4.92. The van der Waals surface area contributed by atoms with Gasteiger partial charge in [-0.25, -0.2) is 9.59 Å². The summed E-state index contributed by atoms with van der Waals surface area (Å²) in [7, 11) is 2.01. The van der Waals surface area contributed by atoms with E-state index in [2.05, 4.69) is 10.2 Å². The molecule has 1 rings (SSSR count). The first-order valence-electron chi connectivity index (χ1n) is 6.47. The van der Waals surface area contributed by atoms with Gasteiger partial charge in [0.25, 0.3) is 0 Å². The summed E-state index contributed by atoms with van der Waals surface area (Å²) in [6.07, 6.45) is 0.0138. The lowest BCUT2D eigenvalue weighted by Gasteiger charge is -2.42. The maximum atomic E-state index is 12.0. The van der Waals surface area contributed by atoms with E-state index in [0.717, 1.165) is 0 Å². The number of hydrogen-bond acceptors (Lipinski definition) is 4. The molecule has 7 heteroatoms. The van der Waals surface area contributed by atoms with E-state index in [-0.39, 0.29) is 31.1 Å². The van der Waals surface area contributed by atoms with E-state index in [4.69, 9.17) is 10.2 Å². The molecule has 0 aromatic carbocycles. The number of aliphatic carboxylic acids is 1. The maximum Gasteiger partial charge on any atom is 0.326 e. The number of carboxylic acid groups (broad SMARTS) is 1. The van der Waals surface area contributed by atoms with Crippen molar-refractivity contribution in [1.82, 2.24) is 15.1 Å². The van der Waals surface area contributed by atoms with Crippen molar-refractivity contribution < 1.29 is 19.8 Å². The molecule has 3 unspecified atom stereocenters. The molecule has 1 heterocycles. The Balaban J connectivity index is 2.60. The third-order valence-electron chi connectivity index (χ3n) is 3.66.